The summed E-state index contributed by atoms with van der Waals surface area (Å²) in [4.78, 5) is 0. The fraction of sp³-hybridized carbons (Fsp3) is 1.00. The minimum absolute atomic E-state index is 0.237. The molecule has 0 saturated carbocycles. The van der Waals surface area contributed by atoms with Crippen LogP contribution in [0.4, 0.5) is 12.9 Å². The van der Waals surface area contributed by atoms with Crippen LogP contribution in [0.25, 0.3) is 0 Å². The molecule has 0 aliphatic heterocycles. The summed E-state index contributed by atoms with van der Waals surface area (Å²) < 4.78 is 39.2. The lowest BCUT2D eigenvalue weighted by Crippen LogP contribution is -2.24. The second-order valence-corrected chi connectivity index (χ2v) is 2.85. The van der Waals surface area contributed by atoms with Gasteiger partial charge in [-0.25, -0.2) is 0 Å². The first kappa shape index (κ1) is 11.8. The van der Waals surface area contributed by atoms with Crippen LogP contribution >= 0.6 is 0 Å². The van der Waals surface area contributed by atoms with E-state index in [2.05, 4.69) is 11.7 Å². The van der Waals surface area contributed by atoms with Crippen LogP contribution in [0.1, 0.15) is 32.6 Å². The summed E-state index contributed by atoms with van der Waals surface area (Å²) in [6.45, 7) is -3.51. The summed E-state index contributed by atoms with van der Waals surface area (Å²) in [6.07, 6.45) is 3.85. The largest absolute Gasteiger partial charge is 0.503 e. The zero-order chi connectivity index (χ0) is 9.45. The molecule has 1 nitrogen and oxygen atoms in total. The molecule has 0 saturated heterocycles. The van der Waals surface area contributed by atoms with E-state index in [1.807, 2.05) is 0 Å². The predicted octanol–water partition coefficient (Wildman–Crippen LogP) is 2.97. The van der Waals surface area contributed by atoms with Gasteiger partial charge in [0.2, 0.25) is 0 Å². The fourth-order valence-electron chi connectivity index (χ4n) is 0.848. The van der Waals surface area contributed by atoms with Crippen molar-refractivity contribution in [1.82, 2.24) is 0 Å². The molecule has 0 aliphatic carbocycles. The highest BCUT2D eigenvalue weighted by molar-refractivity contribution is 6.58. The van der Waals surface area contributed by atoms with Crippen molar-refractivity contribution in [2.45, 2.75) is 32.6 Å². The van der Waals surface area contributed by atoms with Crippen molar-refractivity contribution >= 4 is 6.98 Å². The van der Waals surface area contributed by atoms with Crippen LogP contribution in [0.5, 0.6) is 0 Å². The summed E-state index contributed by atoms with van der Waals surface area (Å²) >= 11 is 0. The lowest BCUT2D eigenvalue weighted by Gasteiger charge is -2.13. The van der Waals surface area contributed by atoms with Crippen LogP contribution in [-0.4, -0.2) is 20.1 Å². The van der Waals surface area contributed by atoms with Gasteiger partial charge in [-0.1, -0.05) is 26.2 Å². The molecule has 0 aliphatic rings. The van der Waals surface area contributed by atoms with Crippen LogP contribution in [0, 0.1) is 0 Å². The lowest BCUT2D eigenvalue weighted by molar-refractivity contribution is 0.146. The molecule has 0 aromatic rings. The van der Waals surface area contributed by atoms with Crippen LogP contribution in [-0.2, 0) is 4.74 Å². The van der Waals surface area contributed by atoms with E-state index >= 15 is 0 Å². The highest BCUT2D eigenvalue weighted by Crippen LogP contribution is 2.08. The number of hydrogen-bond donors (Lipinski definition) is 0. The van der Waals surface area contributed by atoms with Gasteiger partial charge in [-0.05, 0) is 6.42 Å². The number of unbranched alkanes of at least 4 members (excludes halogenated alkanes) is 3. The van der Waals surface area contributed by atoms with Crippen molar-refractivity contribution in [3.8, 4) is 0 Å². The molecule has 12 heavy (non-hydrogen) atoms. The monoisotopic (exact) mass is 183 g/mol. The summed E-state index contributed by atoms with van der Waals surface area (Å²) in [5.74, 6) is 0. The van der Waals surface area contributed by atoms with E-state index in [0.29, 0.717) is 0 Å². The third-order valence-corrected chi connectivity index (χ3v) is 1.45. The van der Waals surface area contributed by atoms with E-state index in [1.54, 1.807) is 0 Å². The number of rotatable bonds is 7. The SMILES string of the molecule is CCCCCCOC[B-](F)(F)F. The van der Waals surface area contributed by atoms with Gasteiger partial charge in [0, 0.05) is 13.1 Å². The molecule has 0 bridgehead atoms. The standard InChI is InChI=1S/C7H15BF3O/c1-2-3-4-5-6-12-7-8(9,10)11/h2-7H2,1H3/q-1. The van der Waals surface area contributed by atoms with Crippen molar-refractivity contribution in [1.29, 1.82) is 0 Å². The topological polar surface area (TPSA) is 9.23 Å². The molecule has 0 aromatic carbocycles. The molecular formula is C7H15BF3O-. The van der Waals surface area contributed by atoms with E-state index in [9.17, 15) is 12.9 Å². The van der Waals surface area contributed by atoms with Gasteiger partial charge in [-0.2, -0.15) is 0 Å². The van der Waals surface area contributed by atoms with E-state index in [1.165, 1.54) is 0 Å². The molecular weight excluding hydrogens is 168 g/mol. The van der Waals surface area contributed by atoms with Gasteiger partial charge in [0.25, 0.3) is 0 Å². The molecule has 0 aromatic heterocycles. The van der Waals surface area contributed by atoms with Crippen molar-refractivity contribution in [2.24, 2.45) is 0 Å². The fourth-order valence-corrected chi connectivity index (χ4v) is 0.848. The van der Waals surface area contributed by atoms with E-state index in [-0.39, 0.29) is 6.61 Å². The molecule has 0 unspecified atom stereocenters. The molecule has 0 amide bonds. The molecule has 0 heterocycles. The number of hydrogen-bond acceptors (Lipinski definition) is 1. The Labute approximate surface area is 71.3 Å². The second kappa shape index (κ2) is 6.34. The molecule has 0 fully saturated rings. The smallest absolute Gasteiger partial charge is 0.447 e. The maximum atomic E-state index is 11.6. The van der Waals surface area contributed by atoms with Crippen molar-refractivity contribution < 1.29 is 17.7 Å². The summed E-state index contributed by atoms with van der Waals surface area (Å²) in [5, 5.41) is 0. The maximum absolute atomic E-state index is 11.6. The van der Waals surface area contributed by atoms with Crippen LogP contribution < -0.4 is 0 Å². The quantitative estimate of drug-likeness (QED) is 0.435. The van der Waals surface area contributed by atoms with Crippen molar-refractivity contribution in [3.63, 3.8) is 0 Å². The molecule has 0 atom stereocenters. The minimum atomic E-state index is -4.75. The lowest BCUT2D eigenvalue weighted by atomic mass is 9.95. The van der Waals surface area contributed by atoms with Crippen LogP contribution in [0.2, 0.25) is 0 Å². The van der Waals surface area contributed by atoms with Crippen molar-refractivity contribution in [3.05, 3.63) is 0 Å². The van der Waals surface area contributed by atoms with Gasteiger partial charge in [-0.3, -0.25) is 0 Å². The van der Waals surface area contributed by atoms with E-state index in [4.69, 9.17) is 0 Å². The Balaban J connectivity index is 3.01. The Morgan fingerprint density at radius 1 is 1.08 bits per heavy atom. The molecule has 0 rings (SSSR count). The molecule has 0 N–H and O–H groups in total. The summed E-state index contributed by atoms with van der Waals surface area (Å²) in [5.41, 5.74) is 0. The maximum Gasteiger partial charge on any atom is 0.503 e. The summed E-state index contributed by atoms with van der Waals surface area (Å²) in [6, 6.07) is 0. The average Bonchev–Trinajstić information content (AvgIpc) is 1.94. The number of ether oxygens (including phenoxy) is 1. The Morgan fingerprint density at radius 3 is 2.25 bits per heavy atom. The van der Waals surface area contributed by atoms with E-state index in [0.717, 1.165) is 25.7 Å². The predicted molar refractivity (Wildman–Crippen MR) is 44.0 cm³/mol. The average molecular weight is 183 g/mol. The van der Waals surface area contributed by atoms with Gasteiger partial charge in [0.15, 0.2) is 0 Å². The van der Waals surface area contributed by atoms with Gasteiger partial charge in [0.1, 0.15) is 0 Å². The van der Waals surface area contributed by atoms with Crippen LogP contribution in [0.3, 0.4) is 0 Å². The first-order chi connectivity index (χ1) is 5.56. The zero-order valence-corrected chi connectivity index (χ0v) is 7.36. The van der Waals surface area contributed by atoms with Crippen LogP contribution in [0.15, 0.2) is 0 Å². The van der Waals surface area contributed by atoms with E-state index < -0.39 is 13.5 Å². The third-order valence-electron chi connectivity index (χ3n) is 1.45. The Morgan fingerprint density at radius 2 is 1.75 bits per heavy atom. The van der Waals surface area contributed by atoms with Gasteiger partial charge < -0.3 is 17.7 Å². The molecule has 0 spiro atoms. The highest BCUT2D eigenvalue weighted by atomic mass is 19.4. The summed E-state index contributed by atoms with van der Waals surface area (Å²) in [7, 11) is 0. The van der Waals surface area contributed by atoms with Gasteiger partial charge in [0.05, 0.1) is 0 Å². The first-order valence-corrected chi connectivity index (χ1v) is 4.35. The Hall–Kier alpha value is -0.185. The molecule has 5 heteroatoms. The normalized spacial score (nSPS) is 12.0. The molecule has 74 valence electrons. The van der Waals surface area contributed by atoms with Gasteiger partial charge in [-0.15, -0.1) is 0 Å². The van der Waals surface area contributed by atoms with Crippen molar-refractivity contribution in [2.75, 3.05) is 13.1 Å². The first-order valence-electron chi connectivity index (χ1n) is 4.35. The second-order valence-electron chi connectivity index (χ2n) is 2.85. The zero-order valence-electron chi connectivity index (χ0n) is 7.36. The Kier molecular flexibility index (Phi) is 6.25. The Bertz CT molecular complexity index is 105. The number of halogens is 3. The third kappa shape index (κ3) is 9.81. The minimum Gasteiger partial charge on any atom is -0.447 e. The van der Waals surface area contributed by atoms with Gasteiger partial charge >= 0.3 is 6.98 Å². The highest BCUT2D eigenvalue weighted by Gasteiger charge is 2.22. The molecule has 0 radical (unpaired) electrons.